The minimum Gasteiger partial charge on any atom is -0.496 e. The van der Waals surface area contributed by atoms with Crippen molar-refractivity contribution in [2.75, 3.05) is 25.3 Å². The second-order valence-corrected chi connectivity index (χ2v) is 8.82. The highest BCUT2D eigenvalue weighted by Gasteiger charge is 2.28. The van der Waals surface area contributed by atoms with Gasteiger partial charge in [0, 0.05) is 40.0 Å². The molecule has 2 aromatic carbocycles. The molecule has 7 nitrogen and oxygen atoms in total. The number of hydrogen-bond donors (Lipinski definition) is 1. The van der Waals surface area contributed by atoms with Gasteiger partial charge >= 0.3 is 0 Å². The largest absolute Gasteiger partial charge is 0.496 e. The monoisotopic (exact) mass is 473 g/mol. The first-order valence-corrected chi connectivity index (χ1v) is 11.7. The van der Waals surface area contributed by atoms with Crippen LogP contribution in [0, 0.1) is 0 Å². The van der Waals surface area contributed by atoms with Crippen molar-refractivity contribution in [1.29, 1.82) is 0 Å². The molecule has 0 bridgehead atoms. The van der Waals surface area contributed by atoms with Crippen LogP contribution in [0.3, 0.4) is 0 Å². The number of amides is 2. The lowest BCUT2D eigenvalue weighted by atomic mass is 10.1. The Morgan fingerprint density at radius 1 is 0.971 bits per heavy atom. The summed E-state index contributed by atoms with van der Waals surface area (Å²) in [6, 6.07) is 16.1. The van der Waals surface area contributed by atoms with Crippen LogP contribution in [0.1, 0.15) is 26.4 Å². The van der Waals surface area contributed by atoms with Crippen molar-refractivity contribution in [3.63, 3.8) is 0 Å². The van der Waals surface area contributed by atoms with Crippen LogP contribution < -0.4 is 14.8 Å². The minimum absolute atomic E-state index is 0.0847. The number of aromatic nitrogens is 1. The molecule has 34 heavy (non-hydrogen) atoms. The highest BCUT2D eigenvalue weighted by atomic mass is 32.2. The van der Waals surface area contributed by atoms with Gasteiger partial charge in [0.1, 0.15) is 17.1 Å². The van der Waals surface area contributed by atoms with E-state index in [-0.39, 0.29) is 11.8 Å². The zero-order chi connectivity index (χ0) is 23.7. The number of thioether (sulfide) groups is 1. The number of hydrogen-bond acceptors (Lipinski definition) is 5. The first kappa shape index (κ1) is 21.9. The smallest absolute Gasteiger partial charge is 0.263 e. The molecule has 2 amide bonds. The van der Waals surface area contributed by atoms with Gasteiger partial charge in [0.05, 0.1) is 26.5 Å². The average molecular weight is 474 g/mol. The molecule has 172 valence electrons. The molecule has 1 aromatic heterocycles. The van der Waals surface area contributed by atoms with Crippen LogP contribution in [0.25, 0.3) is 6.20 Å². The second kappa shape index (κ2) is 9.15. The summed E-state index contributed by atoms with van der Waals surface area (Å²) in [6.07, 6.45) is 6.17. The van der Waals surface area contributed by atoms with E-state index in [2.05, 4.69) is 22.2 Å². The van der Waals surface area contributed by atoms with E-state index in [0.29, 0.717) is 34.9 Å². The topological polar surface area (TPSA) is 72.8 Å². The molecule has 0 saturated carbocycles. The van der Waals surface area contributed by atoms with Gasteiger partial charge in [-0.3, -0.25) is 9.59 Å². The van der Waals surface area contributed by atoms with Gasteiger partial charge in [-0.25, -0.2) is 0 Å². The second-order valence-electron chi connectivity index (χ2n) is 7.76. The maximum atomic E-state index is 13.5. The van der Waals surface area contributed by atoms with E-state index in [4.69, 9.17) is 9.47 Å². The van der Waals surface area contributed by atoms with Crippen LogP contribution >= 0.6 is 11.8 Å². The Labute approximate surface area is 201 Å². The van der Waals surface area contributed by atoms with E-state index in [9.17, 15) is 9.59 Å². The Morgan fingerprint density at radius 3 is 2.41 bits per heavy atom. The van der Waals surface area contributed by atoms with E-state index in [0.717, 1.165) is 22.0 Å². The number of rotatable bonds is 5. The number of carbonyl (C=O) groups is 2. The Hall–Kier alpha value is -3.91. The quantitative estimate of drug-likeness (QED) is 0.574. The van der Waals surface area contributed by atoms with E-state index in [1.165, 1.54) is 14.2 Å². The van der Waals surface area contributed by atoms with Crippen molar-refractivity contribution in [3.8, 4) is 11.5 Å². The van der Waals surface area contributed by atoms with Gasteiger partial charge in [-0.15, -0.1) is 11.8 Å². The Bertz CT molecular complexity index is 1300. The number of fused-ring (bicyclic) bond motifs is 2. The Morgan fingerprint density at radius 2 is 1.71 bits per heavy atom. The first-order valence-electron chi connectivity index (χ1n) is 10.7. The van der Waals surface area contributed by atoms with Crippen LogP contribution in [0.2, 0.25) is 0 Å². The van der Waals surface area contributed by atoms with Crippen LogP contribution in [0.15, 0.2) is 77.5 Å². The van der Waals surface area contributed by atoms with E-state index < -0.39 is 0 Å². The SMILES string of the molecule is COc1cccc(OC)c1C(=O)Nc1ccc(C(=O)N2Cc3cccn3C=C3SCC=C32)cc1. The van der Waals surface area contributed by atoms with Crippen molar-refractivity contribution in [3.05, 3.63) is 94.3 Å². The van der Waals surface area contributed by atoms with Gasteiger partial charge in [0.2, 0.25) is 0 Å². The van der Waals surface area contributed by atoms with Gasteiger partial charge < -0.3 is 24.3 Å². The fraction of sp³-hybridized carbons (Fsp3) is 0.154. The first-order chi connectivity index (χ1) is 16.6. The molecule has 3 aromatic rings. The van der Waals surface area contributed by atoms with Crippen molar-refractivity contribution in [1.82, 2.24) is 9.47 Å². The lowest BCUT2D eigenvalue weighted by Crippen LogP contribution is -2.29. The molecule has 0 aliphatic carbocycles. The number of anilines is 1. The molecule has 3 heterocycles. The number of benzene rings is 2. The predicted octanol–water partition coefficient (Wildman–Crippen LogP) is 4.84. The number of ether oxygens (including phenoxy) is 2. The molecule has 2 aliphatic rings. The zero-order valence-corrected chi connectivity index (χ0v) is 19.6. The molecular formula is C26H23N3O4S. The third-order valence-electron chi connectivity index (χ3n) is 5.79. The lowest BCUT2D eigenvalue weighted by Gasteiger charge is -2.23. The molecule has 0 radical (unpaired) electrons. The van der Waals surface area contributed by atoms with Gasteiger partial charge in [-0.1, -0.05) is 6.07 Å². The molecule has 8 heteroatoms. The normalized spacial score (nSPS) is 14.4. The highest BCUT2D eigenvalue weighted by molar-refractivity contribution is 8.03. The maximum absolute atomic E-state index is 13.5. The number of nitrogens with zero attached hydrogens (tertiary/aromatic N) is 2. The summed E-state index contributed by atoms with van der Waals surface area (Å²) in [7, 11) is 3.01. The van der Waals surface area contributed by atoms with Crippen LogP contribution in [-0.4, -0.2) is 41.3 Å². The van der Waals surface area contributed by atoms with Gasteiger partial charge in [0.15, 0.2) is 0 Å². The summed E-state index contributed by atoms with van der Waals surface area (Å²) in [6.45, 7) is 0.490. The predicted molar refractivity (Wildman–Crippen MR) is 133 cm³/mol. The third kappa shape index (κ3) is 3.97. The summed E-state index contributed by atoms with van der Waals surface area (Å²) < 4.78 is 12.7. The van der Waals surface area contributed by atoms with Crippen molar-refractivity contribution < 1.29 is 19.1 Å². The summed E-state index contributed by atoms with van der Waals surface area (Å²) in [4.78, 5) is 29.3. The van der Waals surface area contributed by atoms with Crippen molar-refractivity contribution in [2.45, 2.75) is 6.54 Å². The molecule has 2 aliphatic heterocycles. The van der Waals surface area contributed by atoms with Gasteiger partial charge in [-0.05, 0) is 54.6 Å². The lowest BCUT2D eigenvalue weighted by molar-refractivity contribution is 0.0800. The zero-order valence-electron chi connectivity index (χ0n) is 18.8. The summed E-state index contributed by atoms with van der Waals surface area (Å²) >= 11 is 1.72. The van der Waals surface area contributed by atoms with Crippen molar-refractivity contribution >= 4 is 35.5 Å². The number of nitrogens with one attached hydrogen (secondary N) is 1. The molecular weight excluding hydrogens is 450 g/mol. The van der Waals surface area contributed by atoms with E-state index >= 15 is 0 Å². The maximum Gasteiger partial charge on any atom is 0.263 e. The summed E-state index contributed by atoms with van der Waals surface area (Å²) in [5.74, 6) is 1.24. The summed E-state index contributed by atoms with van der Waals surface area (Å²) in [5, 5.41) is 2.86. The fourth-order valence-electron chi connectivity index (χ4n) is 4.10. The number of methoxy groups -OCH3 is 2. The molecule has 1 N–H and O–H groups in total. The molecule has 0 spiro atoms. The van der Waals surface area contributed by atoms with Gasteiger partial charge in [0.25, 0.3) is 11.8 Å². The molecule has 0 fully saturated rings. The fourth-order valence-corrected chi connectivity index (χ4v) is 5.05. The summed E-state index contributed by atoms with van der Waals surface area (Å²) in [5.41, 5.74) is 3.41. The minimum atomic E-state index is -0.357. The third-order valence-corrected chi connectivity index (χ3v) is 6.75. The van der Waals surface area contributed by atoms with Crippen LogP contribution in [0.4, 0.5) is 5.69 Å². The number of carbonyl (C=O) groups excluding carboxylic acids is 2. The highest BCUT2D eigenvalue weighted by Crippen LogP contribution is 2.38. The molecule has 0 atom stereocenters. The van der Waals surface area contributed by atoms with Crippen LogP contribution in [0.5, 0.6) is 11.5 Å². The van der Waals surface area contributed by atoms with E-state index in [1.807, 2.05) is 23.2 Å². The standard InChI is InChI=1S/C26H23N3O4S/c1-32-21-6-3-7-22(33-2)24(21)25(30)27-18-10-8-17(9-11-18)26(31)29-15-19-5-4-13-28(19)16-23-20(29)12-14-34-23/h3-13,16H,14-15H2,1-2H3,(H,27,30). The van der Waals surface area contributed by atoms with Gasteiger partial charge in [-0.2, -0.15) is 0 Å². The van der Waals surface area contributed by atoms with E-state index in [1.54, 1.807) is 54.2 Å². The Balaban J connectivity index is 1.37. The van der Waals surface area contributed by atoms with Crippen LogP contribution in [-0.2, 0) is 6.54 Å². The molecule has 0 saturated heterocycles. The molecule has 5 rings (SSSR count). The Kier molecular flexibility index (Phi) is 5.90. The van der Waals surface area contributed by atoms with Crippen molar-refractivity contribution in [2.24, 2.45) is 0 Å². The average Bonchev–Trinajstić information content (AvgIpc) is 3.49. The molecule has 0 unspecified atom stereocenters.